The van der Waals surface area contributed by atoms with Crippen molar-refractivity contribution in [1.29, 1.82) is 0 Å². The lowest BCUT2D eigenvalue weighted by molar-refractivity contribution is -0.116. The number of nitrogens with zero attached hydrogens (tertiary/aromatic N) is 2. The molecule has 2 N–H and O–H groups in total. The summed E-state index contributed by atoms with van der Waals surface area (Å²) < 4.78 is 5.37. The third-order valence-corrected chi connectivity index (χ3v) is 5.32. The van der Waals surface area contributed by atoms with E-state index in [1.54, 1.807) is 35.6 Å². The summed E-state index contributed by atoms with van der Waals surface area (Å²) in [6, 6.07) is 7.13. The second-order valence-electron chi connectivity index (χ2n) is 6.04. The van der Waals surface area contributed by atoms with Gasteiger partial charge in [-0.25, -0.2) is 4.98 Å². The number of carbonyl (C=O) groups is 1. The van der Waals surface area contributed by atoms with Crippen molar-refractivity contribution in [3.05, 3.63) is 40.4 Å². The molecule has 0 radical (unpaired) electrons. The third kappa shape index (κ3) is 5.95. The largest absolute Gasteiger partial charge is 0.378 e. The van der Waals surface area contributed by atoms with Gasteiger partial charge in [0.1, 0.15) is 0 Å². The van der Waals surface area contributed by atoms with Crippen LogP contribution in [0.15, 0.2) is 30.5 Å². The van der Waals surface area contributed by atoms with E-state index in [4.69, 9.17) is 16.3 Å². The third-order valence-electron chi connectivity index (χ3n) is 4.01. The Balaban J connectivity index is 1.31. The molecule has 1 aromatic heterocycles. The molecule has 0 spiro atoms. The maximum atomic E-state index is 11.9. The number of thiazole rings is 1. The van der Waals surface area contributed by atoms with Gasteiger partial charge >= 0.3 is 0 Å². The quantitative estimate of drug-likeness (QED) is 0.673. The van der Waals surface area contributed by atoms with Crippen molar-refractivity contribution < 1.29 is 9.53 Å². The topological polar surface area (TPSA) is 66.5 Å². The molecule has 3 rings (SSSR count). The number of morpholine rings is 1. The Hall–Kier alpha value is -1.67. The van der Waals surface area contributed by atoms with Crippen LogP contribution in [0.25, 0.3) is 0 Å². The molecule has 26 heavy (non-hydrogen) atoms. The van der Waals surface area contributed by atoms with E-state index in [-0.39, 0.29) is 5.91 Å². The fraction of sp³-hybridized carbons (Fsp3) is 0.444. The van der Waals surface area contributed by atoms with Crippen molar-refractivity contribution >= 4 is 39.7 Å². The first-order chi connectivity index (χ1) is 12.7. The van der Waals surface area contributed by atoms with Crippen LogP contribution >= 0.6 is 22.9 Å². The number of hydrogen-bond acceptors (Lipinski definition) is 6. The van der Waals surface area contributed by atoms with Gasteiger partial charge in [0.05, 0.1) is 13.2 Å². The molecule has 2 heterocycles. The highest BCUT2D eigenvalue weighted by atomic mass is 35.5. The summed E-state index contributed by atoms with van der Waals surface area (Å²) in [5.41, 5.74) is 0.771. The van der Waals surface area contributed by atoms with E-state index in [9.17, 15) is 4.79 Å². The Bertz CT molecular complexity index is 701. The van der Waals surface area contributed by atoms with Gasteiger partial charge in [-0.1, -0.05) is 11.6 Å². The van der Waals surface area contributed by atoms with Crippen LogP contribution in [0, 0.1) is 0 Å². The SMILES string of the molecule is O=C(CCCNCc1cnc(N2CCOCC2)s1)Nc1ccc(Cl)cc1. The molecular formula is C18H23ClN4O2S. The monoisotopic (exact) mass is 394 g/mol. The van der Waals surface area contributed by atoms with Crippen LogP contribution in [0.1, 0.15) is 17.7 Å². The Morgan fingerprint density at radius 2 is 2.04 bits per heavy atom. The predicted molar refractivity (Wildman–Crippen MR) is 106 cm³/mol. The molecule has 1 amide bonds. The molecule has 1 aromatic carbocycles. The Labute approximate surface area is 162 Å². The molecule has 0 bridgehead atoms. The van der Waals surface area contributed by atoms with Crippen molar-refractivity contribution in [3.8, 4) is 0 Å². The number of halogens is 1. The van der Waals surface area contributed by atoms with Gasteiger partial charge in [-0.15, -0.1) is 11.3 Å². The molecule has 1 saturated heterocycles. The van der Waals surface area contributed by atoms with Gasteiger partial charge in [-0.2, -0.15) is 0 Å². The lowest BCUT2D eigenvalue weighted by Gasteiger charge is -2.25. The molecule has 1 aliphatic rings. The summed E-state index contributed by atoms with van der Waals surface area (Å²) in [6.07, 6.45) is 3.20. The summed E-state index contributed by atoms with van der Waals surface area (Å²) in [6.45, 7) is 4.92. The van der Waals surface area contributed by atoms with Crippen molar-refractivity contribution in [2.45, 2.75) is 19.4 Å². The van der Waals surface area contributed by atoms with Gasteiger partial charge < -0.3 is 20.3 Å². The van der Waals surface area contributed by atoms with Crippen LogP contribution in [0.2, 0.25) is 5.02 Å². The van der Waals surface area contributed by atoms with E-state index < -0.39 is 0 Å². The molecule has 1 fully saturated rings. The normalized spacial score (nSPS) is 14.4. The number of hydrogen-bond donors (Lipinski definition) is 2. The summed E-state index contributed by atoms with van der Waals surface area (Å²) in [5.74, 6) is 0.0153. The molecule has 6 nitrogen and oxygen atoms in total. The zero-order valence-electron chi connectivity index (χ0n) is 14.5. The van der Waals surface area contributed by atoms with Crippen molar-refractivity contribution in [3.63, 3.8) is 0 Å². The lowest BCUT2D eigenvalue weighted by Crippen LogP contribution is -2.36. The number of ether oxygens (including phenoxy) is 1. The second kappa shape index (κ2) is 9.87. The van der Waals surface area contributed by atoms with Crippen LogP contribution in [0.5, 0.6) is 0 Å². The first-order valence-corrected chi connectivity index (χ1v) is 9.94. The van der Waals surface area contributed by atoms with E-state index in [1.807, 2.05) is 6.20 Å². The second-order valence-corrected chi connectivity index (χ2v) is 7.57. The number of nitrogens with one attached hydrogen (secondary N) is 2. The van der Waals surface area contributed by atoms with E-state index in [0.29, 0.717) is 11.4 Å². The van der Waals surface area contributed by atoms with E-state index >= 15 is 0 Å². The van der Waals surface area contributed by atoms with E-state index in [0.717, 1.165) is 56.6 Å². The van der Waals surface area contributed by atoms with E-state index in [1.165, 1.54) is 4.88 Å². The van der Waals surface area contributed by atoms with Gasteiger partial charge in [0.2, 0.25) is 5.91 Å². The molecular weight excluding hydrogens is 372 g/mol. The fourth-order valence-electron chi connectivity index (χ4n) is 2.62. The Kier molecular flexibility index (Phi) is 7.25. The van der Waals surface area contributed by atoms with Crippen LogP contribution in [0.3, 0.4) is 0 Å². The van der Waals surface area contributed by atoms with Gasteiger partial charge in [0.25, 0.3) is 0 Å². The van der Waals surface area contributed by atoms with Gasteiger partial charge in [0, 0.05) is 47.8 Å². The first-order valence-electron chi connectivity index (χ1n) is 8.74. The summed E-state index contributed by atoms with van der Waals surface area (Å²) in [5, 5.41) is 7.96. The van der Waals surface area contributed by atoms with Crippen molar-refractivity contribution in [2.24, 2.45) is 0 Å². The molecule has 2 aromatic rings. The van der Waals surface area contributed by atoms with Gasteiger partial charge in [-0.05, 0) is 37.2 Å². The van der Waals surface area contributed by atoms with Crippen LogP contribution in [-0.4, -0.2) is 43.7 Å². The van der Waals surface area contributed by atoms with Crippen LogP contribution in [0.4, 0.5) is 10.8 Å². The zero-order chi connectivity index (χ0) is 18.2. The van der Waals surface area contributed by atoms with Crippen LogP contribution in [-0.2, 0) is 16.1 Å². The molecule has 0 aliphatic carbocycles. The number of amides is 1. The number of benzene rings is 1. The van der Waals surface area contributed by atoms with Crippen molar-refractivity contribution in [1.82, 2.24) is 10.3 Å². The first kappa shape index (κ1) is 19.1. The highest BCUT2D eigenvalue weighted by Crippen LogP contribution is 2.23. The number of anilines is 2. The standard InChI is InChI=1S/C18H23ClN4O2S/c19-14-3-5-15(6-4-14)22-17(24)2-1-7-20-12-16-13-21-18(26-16)23-8-10-25-11-9-23/h3-6,13,20H,1-2,7-12H2,(H,22,24). The lowest BCUT2D eigenvalue weighted by atomic mass is 10.2. The van der Waals surface area contributed by atoms with Gasteiger partial charge in [0.15, 0.2) is 5.13 Å². The van der Waals surface area contributed by atoms with E-state index in [2.05, 4.69) is 20.5 Å². The maximum absolute atomic E-state index is 11.9. The minimum Gasteiger partial charge on any atom is -0.378 e. The molecule has 8 heteroatoms. The Morgan fingerprint density at radius 1 is 1.27 bits per heavy atom. The molecule has 0 saturated carbocycles. The van der Waals surface area contributed by atoms with Crippen LogP contribution < -0.4 is 15.5 Å². The minimum absolute atomic E-state index is 0.0153. The minimum atomic E-state index is 0.0153. The molecule has 1 aliphatic heterocycles. The summed E-state index contributed by atoms with van der Waals surface area (Å²) in [7, 11) is 0. The average Bonchev–Trinajstić information content (AvgIpc) is 3.13. The zero-order valence-corrected chi connectivity index (χ0v) is 16.1. The number of carbonyl (C=O) groups excluding carboxylic acids is 1. The smallest absolute Gasteiger partial charge is 0.224 e. The average molecular weight is 395 g/mol. The highest BCUT2D eigenvalue weighted by molar-refractivity contribution is 7.15. The summed E-state index contributed by atoms with van der Waals surface area (Å²) in [4.78, 5) is 19.9. The summed E-state index contributed by atoms with van der Waals surface area (Å²) >= 11 is 7.54. The predicted octanol–water partition coefficient (Wildman–Crippen LogP) is 3.14. The molecule has 0 unspecified atom stereocenters. The number of aromatic nitrogens is 1. The number of rotatable bonds is 8. The maximum Gasteiger partial charge on any atom is 0.224 e. The molecule has 0 atom stereocenters. The Morgan fingerprint density at radius 3 is 2.81 bits per heavy atom. The highest BCUT2D eigenvalue weighted by Gasteiger charge is 2.14. The van der Waals surface area contributed by atoms with Crippen molar-refractivity contribution in [2.75, 3.05) is 43.1 Å². The van der Waals surface area contributed by atoms with Gasteiger partial charge in [-0.3, -0.25) is 4.79 Å². The molecule has 140 valence electrons. The fourth-order valence-corrected chi connectivity index (χ4v) is 3.68.